The molecule has 2 aromatic rings. The molecule has 4 rings (SSSR count). The number of carbonyl (C=O) groups excluding carboxylic acids is 1. The number of rotatable bonds is 4. The Morgan fingerprint density at radius 3 is 2.55 bits per heavy atom. The minimum atomic E-state index is -4.53. The van der Waals surface area contributed by atoms with Gasteiger partial charge in [0.25, 0.3) is 0 Å². The van der Waals surface area contributed by atoms with E-state index in [1.54, 1.807) is 0 Å². The Hall–Kier alpha value is -2.33. The van der Waals surface area contributed by atoms with Gasteiger partial charge in [0.15, 0.2) is 15.0 Å². The molecule has 31 heavy (non-hydrogen) atoms. The number of hydrogen-bond acceptors (Lipinski definition) is 4. The fourth-order valence-electron chi connectivity index (χ4n) is 3.76. The van der Waals surface area contributed by atoms with Gasteiger partial charge in [0.1, 0.15) is 0 Å². The number of hydrogen-bond donors (Lipinski definition) is 0. The minimum Gasteiger partial charge on any atom is -0.316 e. The Bertz CT molecular complexity index is 1120. The molecule has 0 spiro atoms. The summed E-state index contributed by atoms with van der Waals surface area (Å²) < 4.78 is 63.8. The van der Waals surface area contributed by atoms with E-state index in [0.29, 0.717) is 6.42 Å². The molecule has 0 saturated carbocycles. The molecular weight excluding hydrogens is 449 g/mol. The highest BCUT2D eigenvalue weighted by molar-refractivity contribution is 8.16. The van der Waals surface area contributed by atoms with Crippen LogP contribution < -0.4 is 4.90 Å². The zero-order valence-electron chi connectivity index (χ0n) is 16.2. The molecule has 2 aromatic carbocycles. The summed E-state index contributed by atoms with van der Waals surface area (Å²) in [7, 11) is -3.31. The third-order valence-electron chi connectivity index (χ3n) is 5.21. The van der Waals surface area contributed by atoms with E-state index in [1.807, 2.05) is 30.3 Å². The number of aryl methyl sites for hydroxylation is 1. The Labute approximate surface area is 182 Å². The predicted octanol–water partition coefficient (Wildman–Crippen LogP) is 3.94. The number of nitrogens with zero attached hydrogens (tertiary/aromatic N) is 2. The molecular formula is C21H19F3N2O3S2. The molecule has 0 radical (unpaired) electrons. The summed E-state index contributed by atoms with van der Waals surface area (Å²) in [5.74, 6) is -0.668. The number of sulfone groups is 1. The van der Waals surface area contributed by atoms with Crippen molar-refractivity contribution >= 4 is 38.4 Å². The van der Waals surface area contributed by atoms with Crippen molar-refractivity contribution < 1.29 is 26.4 Å². The molecule has 0 bridgehead atoms. The fourth-order valence-corrected chi connectivity index (χ4v) is 7.69. The molecule has 2 aliphatic rings. The van der Waals surface area contributed by atoms with E-state index < -0.39 is 33.5 Å². The highest BCUT2D eigenvalue weighted by atomic mass is 32.2. The van der Waals surface area contributed by atoms with E-state index in [4.69, 9.17) is 0 Å². The van der Waals surface area contributed by atoms with Crippen molar-refractivity contribution in [1.82, 2.24) is 0 Å². The molecule has 2 aliphatic heterocycles. The molecule has 2 heterocycles. The van der Waals surface area contributed by atoms with Crippen LogP contribution in [0.2, 0.25) is 0 Å². The molecule has 0 aliphatic carbocycles. The van der Waals surface area contributed by atoms with Crippen molar-refractivity contribution in [1.29, 1.82) is 0 Å². The lowest BCUT2D eigenvalue weighted by Gasteiger charge is -2.25. The average molecular weight is 469 g/mol. The number of aliphatic imine (C=N–C) groups is 1. The first-order valence-corrected chi connectivity index (χ1v) is 12.3. The predicted molar refractivity (Wildman–Crippen MR) is 115 cm³/mol. The second kappa shape index (κ2) is 8.31. The number of amides is 1. The van der Waals surface area contributed by atoms with E-state index in [-0.39, 0.29) is 34.0 Å². The van der Waals surface area contributed by atoms with E-state index in [9.17, 15) is 26.4 Å². The Morgan fingerprint density at radius 1 is 1.10 bits per heavy atom. The van der Waals surface area contributed by atoms with E-state index >= 15 is 0 Å². The summed E-state index contributed by atoms with van der Waals surface area (Å²) in [4.78, 5) is 18.1. The van der Waals surface area contributed by atoms with Gasteiger partial charge in [-0.25, -0.2) is 8.42 Å². The highest BCUT2D eigenvalue weighted by Crippen LogP contribution is 2.42. The zero-order chi connectivity index (χ0) is 22.2. The smallest absolute Gasteiger partial charge is 0.316 e. The van der Waals surface area contributed by atoms with E-state index in [2.05, 4.69) is 4.99 Å². The monoisotopic (exact) mass is 468 g/mol. The van der Waals surface area contributed by atoms with Crippen LogP contribution in [0.1, 0.15) is 17.5 Å². The maximum absolute atomic E-state index is 13.2. The molecule has 10 heteroatoms. The van der Waals surface area contributed by atoms with E-state index in [0.717, 1.165) is 29.5 Å². The van der Waals surface area contributed by atoms with Crippen molar-refractivity contribution in [3.05, 3.63) is 65.7 Å². The van der Waals surface area contributed by atoms with Crippen molar-refractivity contribution in [2.45, 2.75) is 30.3 Å². The van der Waals surface area contributed by atoms with Crippen LogP contribution in [0.25, 0.3) is 0 Å². The van der Waals surface area contributed by atoms with Crippen LogP contribution in [-0.4, -0.2) is 42.3 Å². The van der Waals surface area contributed by atoms with Crippen molar-refractivity contribution in [2.75, 3.05) is 16.4 Å². The molecule has 1 amide bonds. The van der Waals surface area contributed by atoms with Gasteiger partial charge in [-0.1, -0.05) is 48.2 Å². The summed E-state index contributed by atoms with van der Waals surface area (Å²) >= 11 is 1.14. The molecule has 0 N–H and O–H groups in total. The third-order valence-corrected chi connectivity index (χ3v) is 8.42. The molecule has 2 fully saturated rings. The molecule has 2 unspecified atom stereocenters. The second-order valence-corrected chi connectivity index (χ2v) is 10.9. The molecule has 0 aromatic heterocycles. The number of benzene rings is 2. The maximum atomic E-state index is 13.2. The van der Waals surface area contributed by atoms with Crippen molar-refractivity contribution in [3.8, 4) is 0 Å². The summed E-state index contributed by atoms with van der Waals surface area (Å²) in [5.41, 5.74) is 0.323. The quantitative estimate of drug-likeness (QED) is 0.680. The van der Waals surface area contributed by atoms with Gasteiger partial charge < -0.3 is 4.90 Å². The Morgan fingerprint density at radius 2 is 1.84 bits per heavy atom. The van der Waals surface area contributed by atoms with Gasteiger partial charge >= 0.3 is 6.18 Å². The third kappa shape index (κ3) is 4.95. The lowest BCUT2D eigenvalue weighted by atomic mass is 10.1. The molecule has 5 nitrogen and oxygen atoms in total. The average Bonchev–Trinajstić information content (AvgIpc) is 3.17. The Balaban J connectivity index is 1.62. The molecule has 164 valence electrons. The van der Waals surface area contributed by atoms with Gasteiger partial charge in [0, 0.05) is 17.4 Å². The summed E-state index contributed by atoms with van der Waals surface area (Å²) in [6, 6.07) is 13.5. The first kappa shape index (κ1) is 21.9. The number of carbonyl (C=O) groups is 1. The standard InChI is InChI=1S/C21H19F3N2O3S2/c22-21(23,24)15-7-4-8-16(11-15)26-17-12-31(28,29)13-18(17)30-20(26)25-19(27)10-9-14-5-2-1-3-6-14/h1-8,11,17-18H,9-10,12-13H2. The first-order chi connectivity index (χ1) is 14.6. The Kier molecular flexibility index (Phi) is 5.87. The fraction of sp³-hybridized carbons (Fsp3) is 0.333. The van der Waals surface area contributed by atoms with Crippen LogP contribution in [0.15, 0.2) is 59.6 Å². The first-order valence-electron chi connectivity index (χ1n) is 9.61. The summed E-state index contributed by atoms with van der Waals surface area (Å²) in [5, 5.41) is -0.123. The lowest BCUT2D eigenvalue weighted by Crippen LogP contribution is -2.37. The number of anilines is 1. The number of alkyl halides is 3. The molecule has 2 atom stereocenters. The van der Waals surface area contributed by atoms with Gasteiger partial charge in [-0.2, -0.15) is 18.2 Å². The van der Waals surface area contributed by atoms with Crippen molar-refractivity contribution in [3.63, 3.8) is 0 Å². The van der Waals surface area contributed by atoms with Crippen LogP contribution in [0.4, 0.5) is 18.9 Å². The van der Waals surface area contributed by atoms with Crippen LogP contribution in [0.3, 0.4) is 0 Å². The van der Waals surface area contributed by atoms with Crippen LogP contribution in [-0.2, 0) is 27.2 Å². The van der Waals surface area contributed by atoms with Crippen molar-refractivity contribution in [2.24, 2.45) is 4.99 Å². The summed E-state index contributed by atoms with van der Waals surface area (Å²) in [6.07, 6.45) is -3.89. The highest BCUT2D eigenvalue weighted by Gasteiger charge is 2.49. The number of halogens is 3. The second-order valence-electron chi connectivity index (χ2n) is 7.49. The van der Waals surface area contributed by atoms with Crippen LogP contribution in [0.5, 0.6) is 0 Å². The van der Waals surface area contributed by atoms with Gasteiger partial charge in [-0.05, 0) is 30.2 Å². The van der Waals surface area contributed by atoms with Crippen LogP contribution in [0, 0.1) is 0 Å². The zero-order valence-corrected chi connectivity index (χ0v) is 17.9. The van der Waals surface area contributed by atoms with Gasteiger partial charge in [-0.15, -0.1) is 0 Å². The molecule has 2 saturated heterocycles. The SMILES string of the molecule is O=C(CCc1ccccc1)N=C1SC2CS(=O)(=O)CC2N1c1cccc(C(F)(F)F)c1. The normalized spacial score (nSPS) is 23.8. The minimum absolute atomic E-state index is 0.0883. The van der Waals surface area contributed by atoms with Gasteiger partial charge in [0.2, 0.25) is 5.91 Å². The topological polar surface area (TPSA) is 66.8 Å². The maximum Gasteiger partial charge on any atom is 0.416 e. The lowest BCUT2D eigenvalue weighted by molar-refractivity contribution is -0.137. The number of amidine groups is 1. The largest absolute Gasteiger partial charge is 0.416 e. The van der Waals surface area contributed by atoms with Gasteiger partial charge in [-0.3, -0.25) is 4.79 Å². The van der Waals surface area contributed by atoms with E-state index in [1.165, 1.54) is 17.0 Å². The van der Waals surface area contributed by atoms with Gasteiger partial charge in [0.05, 0.1) is 23.1 Å². The van der Waals surface area contributed by atoms with Crippen LogP contribution >= 0.6 is 11.8 Å². The summed E-state index contributed by atoms with van der Waals surface area (Å²) in [6.45, 7) is 0. The number of thioether (sulfide) groups is 1. The number of fused-ring (bicyclic) bond motifs is 1.